The van der Waals surface area contributed by atoms with Crippen LogP contribution in [0.3, 0.4) is 0 Å². The lowest BCUT2D eigenvalue weighted by molar-refractivity contribution is -0.140. The molecule has 0 radical (unpaired) electrons. The standard InChI is InChI=1S/C31H38FN3O4S/c1-6-24(4)33-31(37)28(19-25-15-8-7-9-16-25)34(20-26-17-10-11-18-27(26)32)29(36)21-35(40(5,38)39)30-22(2)13-12-14-23(30)3/h7-18,24,28H,6,19-21H2,1-5H3,(H,33,37)/t24-,28-/m1/s1. The van der Waals surface area contributed by atoms with Gasteiger partial charge in [0.25, 0.3) is 0 Å². The highest BCUT2D eigenvalue weighted by Crippen LogP contribution is 2.27. The minimum Gasteiger partial charge on any atom is -0.352 e. The highest BCUT2D eigenvalue weighted by molar-refractivity contribution is 7.92. The van der Waals surface area contributed by atoms with Crippen LogP contribution in [0.4, 0.5) is 10.1 Å². The van der Waals surface area contributed by atoms with Gasteiger partial charge < -0.3 is 10.2 Å². The number of amides is 2. The Bertz CT molecular complexity index is 1410. The van der Waals surface area contributed by atoms with Gasteiger partial charge in [0.05, 0.1) is 11.9 Å². The van der Waals surface area contributed by atoms with Crippen molar-refractivity contribution in [2.24, 2.45) is 0 Å². The van der Waals surface area contributed by atoms with Crippen LogP contribution in [0, 0.1) is 19.7 Å². The van der Waals surface area contributed by atoms with Crippen molar-refractivity contribution >= 4 is 27.5 Å². The number of aryl methyl sites for hydroxylation is 2. The number of nitrogens with zero attached hydrogens (tertiary/aromatic N) is 2. The second-order valence-corrected chi connectivity index (χ2v) is 12.1. The van der Waals surface area contributed by atoms with Crippen LogP contribution in [0.5, 0.6) is 0 Å². The molecule has 9 heteroatoms. The van der Waals surface area contributed by atoms with Gasteiger partial charge in [-0.3, -0.25) is 13.9 Å². The first-order chi connectivity index (χ1) is 18.9. The highest BCUT2D eigenvalue weighted by Gasteiger charge is 2.34. The van der Waals surface area contributed by atoms with E-state index in [-0.39, 0.29) is 30.5 Å². The Balaban J connectivity index is 2.11. The van der Waals surface area contributed by atoms with E-state index >= 15 is 0 Å². The summed E-state index contributed by atoms with van der Waals surface area (Å²) < 4.78 is 41.9. The third-order valence-electron chi connectivity index (χ3n) is 6.94. The van der Waals surface area contributed by atoms with Gasteiger partial charge in [0, 0.05) is 24.6 Å². The molecule has 0 aliphatic heterocycles. The summed E-state index contributed by atoms with van der Waals surface area (Å²) in [4.78, 5) is 29.1. The predicted octanol–water partition coefficient (Wildman–Crippen LogP) is 4.76. The van der Waals surface area contributed by atoms with E-state index in [0.29, 0.717) is 23.2 Å². The molecule has 1 N–H and O–H groups in total. The molecule has 7 nitrogen and oxygen atoms in total. The molecule has 0 heterocycles. The molecule has 0 fully saturated rings. The van der Waals surface area contributed by atoms with Crippen LogP contribution in [-0.4, -0.2) is 50.0 Å². The second kappa shape index (κ2) is 13.6. The van der Waals surface area contributed by atoms with Gasteiger partial charge in [-0.15, -0.1) is 0 Å². The minimum absolute atomic E-state index is 0.154. The molecule has 40 heavy (non-hydrogen) atoms. The van der Waals surface area contributed by atoms with Gasteiger partial charge in [0.15, 0.2) is 0 Å². The maximum absolute atomic E-state index is 14.8. The van der Waals surface area contributed by atoms with Gasteiger partial charge in [-0.1, -0.05) is 73.7 Å². The van der Waals surface area contributed by atoms with Crippen LogP contribution in [-0.2, 0) is 32.6 Å². The average Bonchev–Trinajstić information content (AvgIpc) is 2.90. The average molecular weight is 568 g/mol. The number of carbonyl (C=O) groups excluding carboxylic acids is 2. The molecule has 2 atom stereocenters. The molecule has 0 unspecified atom stereocenters. The van der Waals surface area contributed by atoms with Crippen LogP contribution in [0.2, 0.25) is 0 Å². The number of halogens is 1. The van der Waals surface area contributed by atoms with E-state index in [0.717, 1.165) is 16.1 Å². The number of carbonyl (C=O) groups is 2. The predicted molar refractivity (Wildman–Crippen MR) is 157 cm³/mol. The zero-order valence-corrected chi connectivity index (χ0v) is 24.5. The van der Waals surface area contributed by atoms with Crippen molar-refractivity contribution in [1.29, 1.82) is 0 Å². The van der Waals surface area contributed by atoms with Gasteiger partial charge in [-0.2, -0.15) is 0 Å². The van der Waals surface area contributed by atoms with Gasteiger partial charge in [0.2, 0.25) is 21.8 Å². The van der Waals surface area contributed by atoms with Crippen LogP contribution in [0.25, 0.3) is 0 Å². The number of nitrogens with one attached hydrogen (secondary N) is 1. The molecule has 3 rings (SSSR count). The Morgan fingerprint density at radius 1 is 0.925 bits per heavy atom. The van der Waals surface area contributed by atoms with E-state index in [9.17, 15) is 22.4 Å². The summed E-state index contributed by atoms with van der Waals surface area (Å²) in [6.07, 6.45) is 1.90. The fourth-order valence-corrected chi connectivity index (χ4v) is 5.54. The normalized spacial score (nSPS) is 12.8. The van der Waals surface area contributed by atoms with Crippen LogP contribution < -0.4 is 9.62 Å². The summed E-state index contributed by atoms with van der Waals surface area (Å²) in [6, 6.07) is 19.5. The van der Waals surface area contributed by atoms with Gasteiger partial charge >= 0.3 is 0 Å². The second-order valence-electron chi connectivity index (χ2n) is 10.1. The topological polar surface area (TPSA) is 86.8 Å². The van der Waals surface area contributed by atoms with Crippen molar-refractivity contribution in [2.75, 3.05) is 17.1 Å². The summed E-state index contributed by atoms with van der Waals surface area (Å²) >= 11 is 0. The van der Waals surface area contributed by atoms with Crippen molar-refractivity contribution in [3.05, 3.63) is 101 Å². The van der Waals surface area contributed by atoms with Crippen molar-refractivity contribution in [3.8, 4) is 0 Å². The van der Waals surface area contributed by atoms with E-state index in [2.05, 4.69) is 5.32 Å². The molecule has 0 aromatic heterocycles. The highest BCUT2D eigenvalue weighted by atomic mass is 32.2. The molecule has 0 bridgehead atoms. The SMILES string of the molecule is CC[C@@H](C)NC(=O)[C@@H](Cc1ccccc1)N(Cc1ccccc1F)C(=O)CN(c1c(C)cccc1C)S(C)(=O)=O. The molecule has 3 aromatic carbocycles. The van der Waals surface area contributed by atoms with Crippen molar-refractivity contribution in [2.45, 2.75) is 59.2 Å². The first-order valence-corrected chi connectivity index (χ1v) is 15.2. The number of anilines is 1. The Morgan fingerprint density at radius 3 is 2.10 bits per heavy atom. The van der Waals surface area contributed by atoms with Gasteiger partial charge in [0.1, 0.15) is 18.4 Å². The van der Waals surface area contributed by atoms with Crippen LogP contribution in [0.15, 0.2) is 72.8 Å². The number of hydrogen-bond acceptors (Lipinski definition) is 4. The summed E-state index contributed by atoms with van der Waals surface area (Å²) in [5.74, 6) is -1.52. The molecule has 0 spiro atoms. The van der Waals surface area contributed by atoms with Crippen LogP contribution >= 0.6 is 0 Å². The van der Waals surface area contributed by atoms with Crippen molar-refractivity contribution in [3.63, 3.8) is 0 Å². The van der Waals surface area contributed by atoms with Crippen LogP contribution in [0.1, 0.15) is 42.5 Å². The molecule has 214 valence electrons. The fraction of sp³-hybridized carbons (Fsp3) is 0.355. The first kappa shape index (κ1) is 30.8. The summed E-state index contributed by atoms with van der Waals surface area (Å²) in [5, 5.41) is 2.96. The summed E-state index contributed by atoms with van der Waals surface area (Å²) in [6.45, 7) is 6.61. The maximum atomic E-state index is 14.8. The fourth-order valence-electron chi connectivity index (χ4n) is 4.58. The summed E-state index contributed by atoms with van der Waals surface area (Å²) in [7, 11) is -3.89. The Kier molecular flexibility index (Phi) is 10.5. The molecule has 3 aromatic rings. The zero-order chi connectivity index (χ0) is 29.4. The van der Waals surface area contributed by atoms with Crippen molar-refractivity contribution < 1.29 is 22.4 Å². The molecule has 0 aliphatic rings. The van der Waals surface area contributed by atoms with Crippen molar-refractivity contribution in [1.82, 2.24) is 10.2 Å². The summed E-state index contributed by atoms with van der Waals surface area (Å²) in [5.41, 5.74) is 2.83. The number of para-hydroxylation sites is 1. The number of sulfonamides is 1. The molecule has 0 saturated heterocycles. The molecule has 0 aliphatic carbocycles. The monoisotopic (exact) mass is 567 g/mol. The Morgan fingerprint density at radius 2 is 1.52 bits per heavy atom. The quantitative estimate of drug-likeness (QED) is 0.342. The van der Waals surface area contributed by atoms with Gasteiger partial charge in [-0.25, -0.2) is 12.8 Å². The number of rotatable bonds is 12. The Hall–Kier alpha value is -3.72. The zero-order valence-electron chi connectivity index (χ0n) is 23.7. The number of hydrogen-bond donors (Lipinski definition) is 1. The minimum atomic E-state index is -3.89. The Labute approximate surface area is 237 Å². The lowest BCUT2D eigenvalue weighted by Crippen LogP contribution is -2.54. The lowest BCUT2D eigenvalue weighted by Gasteiger charge is -2.34. The largest absolute Gasteiger partial charge is 0.352 e. The lowest BCUT2D eigenvalue weighted by atomic mass is 10.0. The van der Waals surface area contributed by atoms with Gasteiger partial charge in [-0.05, 0) is 49.9 Å². The third kappa shape index (κ3) is 7.91. The molecule has 0 saturated carbocycles. The molecular formula is C31H38FN3O4S. The smallest absolute Gasteiger partial charge is 0.244 e. The van der Waals surface area contributed by atoms with E-state index in [1.54, 1.807) is 44.2 Å². The maximum Gasteiger partial charge on any atom is 0.244 e. The van der Waals surface area contributed by atoms with E-state index in [1.807, 2.05) is 50.2 Å². The van der Waals surface area contributed by atoms with E-state index < -0.39 is 34.3 Å². The first-order valence-electron chi connectivity index (χ1n) is 13.3. The third-order valence-corrected chi connectivity index (χ3v) is 8.05. The number of benzene rings is 3. The van der Waals surface area contributed by atoms with E-state index in [4.69, 9.17) is 0 Å². The van der Waals surface area contributed by atoms with E-state index in [1.165, 1.54) is 11.0 Å². The molecular weight excluding hydrogens is 529 g/mol. The molecule has 2 amide bonds.